The topological polar surface area (TPSA) is 59.6 Å². The minimum absolute atomic E-state index is 0.187. The van der Waals surface area contributed by atoms with Gasteiger partial charge in [-0.1, -0.05) is 18.1 Å². The fraction of sp³-hybridized carbons (Fsp3) is 0.357. The molecular formula is C14H18N2O3. The minimum atomic E-state index is -0.312. The van der Waals surface area contributed by atoms with E-state index < -0.39 is 0 Å². The lowest BCUT2D eigenvalue weighted by Crippen LogP contribution is -2.40. The molecule has 0 radical (unpaired) electrons. The summed E-state index contributed by atoms with van der Waals surface area (Å²) in [4.78, 5) is 11.3. The van der Waals surface area contributed by atoms with Crippen LogP contribution in [0.1, 0.15) is 6.92 Å². The van der Waals surface area contributed by atoms with E-state index >= 15 is 0 Å². The molecule has 2 amide bonds. The summed E-state index contributed by atoms with van der Waals surface area (Å²) >= 11 is 0. The molecule has 0 fully saturated rings. The molecule has 0 spiro atoms. The molecule has 0 saturated heterocycles. The number of benzene rings is 1. The van der Waals surface area contributed by atoms with Crippen LogP contribution in [-0.2, 0) is 0 Å². The normalized spacial score (nSPS) is 11.0. The van der Waals surface area contributed by atoms with Crippen LogP contribution in [0.3, 0.4) is 0 Å². The molecule has 2 N–H and O–H groups in total. The van der Waals surface area contributed by atoms with E-state index in [2.05, 4.69) is 16.6 Å². The number of amides is 2. The summed E-state index contributed by atoms with van der Waals surface area (Å²) in [5.41, 5.74) is 0. The number of para-hydroxylation sites is 2. The van der Waals surface area contributed by atoms with Crippen molar-refractivity contribution < 1.29 is 14.3 Å². The van der Waals surface area contributed by atoms with Gasteiger partial charge in [0, 0.05) is 0 Å². The van der Waals surface area contributed by atoms with Gasteiger partial charge in [0.2, 0.25) is 0 Å². The zero-order valence-electron chi connectivity index (χ0n) is 11.1. The van der Waals surface area contributed by atoms with Crippen molar-refractivity contribution in [1.82, 2.24) is 10.6 Å². The molecular weight excluding hydrogens is 244 g/mol. The van der Waals surface area contributed by atoms with Gasteiger partial charge in [-0.25, -0.2) is 4.79 Å². The number of methoxy groups -OCH3 is 1. The van der Waals surface area contributed by atoms with Crippen molar-refractivity contribution in [1.29, 1.82) is 0 Å². The first-order valence-electron chi connectivity index (χ1n) is 5.92. The molecule has 5 nitrogen and oxygen atoms in total. The lowest BCUT2D eigenvalue weighted by molar-refractivity contribution is 0.201. The van der Waals surface area contributed by atoms with Crippen molar-refractivity contribution in [3.63, 3.8) is 0 Å². The molecule has 0 bridgehead atoms. The predicted molar refractivity (Wildman–Crippen MR) is 73.3 cm³/mol. The van der Waals surface area contributed by atoms with E-state index in [0.29, 0.717) is 18.0 Å². The van der Waals surface area contributed by atoms with Gasteiger partial charge in [-0.3, -0.25) is 0 Å². The van der Waals surface area contributed by atoms with Crippen LogP contribution in [0.15, 0.2) is 24.3 Å². The van der Waals surface area contributed by atoms with Gasteiger partial charge in [-0.2, -0.15) is 0 Å². The van der Waals surface area contributed by atoms with Crippen molar-refractivity contribution in [2.75, 3.05) is 20.2 Å². The summed E-state index contributed by atoms with van der Waals surface area (Å²) in [5, 5.41) is 5.17. The van der Waals surface area contributed by atoms with E-state index in [1.54, 1.807) is 7.11 Å². The highest BCUT2D eigenvalue weighted by atomic mass is 16.5. The quantitative estimate of drug-likeness (QED) is 0.762. The minimum Gasteiger partial charge on any atom is -0.493 e. The van der Waals surface area contributed by atoms with Gasteiger partial charge in [0.1, 0.15) is 6.10 Å². The lowest BCUT2D eigenvalue weighted by atomic mass is 10.3. The molecule has 0 aliphatic heterocycles. The number of terminal acetylenes is 1. The van der Waals surface area contributed by atoms with Gasteiger partial charge in [0.25, 0.3) is 0 Å². The van der Waals surface area contributed by atoms with Gasteiger partial charge >= 0.3 is 6.03 Å². The van der Waals surface area contributed by atoms with E-state index in [-0.39, 0.29) is 18.7 Å². The van der Waals surface area contributed by atoms with E-state index in [9.17, 15) is 4.79 Å². The largest absolute Gasteiger partial charge is 0.493 e. The number of hydrogen-bond acceptors (Lipinski definition) is 3. The third-order valence-corrected chi connectivity index (χ3v) is 2.30. The maximum absolute atomic E-state index is 11.3. The second-order valence-electron chi connectivity index (χ2n) is 3.85. The second kappa shape index (κ2) is 7.88. The summed E-state index contributed by atoms with van der Waals surface area (Å²) in [6.45, 7) is 2.43. The van der Waals surface area contributed by atoms with Crippen molar-refractivity contribution in [2.45, 2.75) is 13.0 Å². The van der Waals surface area contributed by atoms with Crippen LogP contribution in [0.2, 0.25) is 0 Å². The molecule has 1 aromatic carbocycles. The maximum atomic E-state index is 11.3. The first kappa shape index (κ1) is 14.7. The van der Waals surface area contributed by atoms with Gasteiger partial charge in [-0.15, -0.1) is 6.42 Å². The number of hydrogen-bond donors (Lipinski definition) is 2. The fourth-order valence-electron chi connectivity index (χ4n) is 1.40. The van der Waals surface area contributed by atoms with Crippen molar-refractivity contribution >= 4 is 6.03 Å². The first-order valence-corrected chi connectivity index (χ1v) is 5.92. The zero-order valence-corrected chi connectivity index (χ0v) is 11.1. The van der Waals surface area contributed by atoms with Crippen molar-refractivity contribution in [3.05, 3.63) is 24.3 Å². The number of urea groups is 1. The van der Waals surface area contributed by atoms with E-state index in [1.165, 1.54) is 0 Å². The smallest absolute Gasteiger partial charge is 0.315 e. The summed E-state index contributed by atoms with van der Waals surface area (Å²) in [7, 11) is 1.58. The molecule has 1 rings (SSSR count). The third kappa shape index (κ3) is 5.21. The third-order valence-electron chi connectivity index (χ3n) is 2.30. The molecule has 1 atom stereocenters. The molecule has 0 aliphatic carbocycles. The van der Waals surface area contributed by atoms with E-state index in [1.807, 2.05) is 31.2 Å². The Kier molecular flexibility index (Phi) is 6.10. The second-order valence-corrected chi connectivity index (χ2v) is 3.85. The standard InChI is InChI=1S/C14H18N2O3/c1-4-9-15-14(17)16-10-11(2)19-13-8-6-5-7-12(13)18-3/h1,5-8,11H,9-10H2,2-3H3,(H2,15,16,17)/t11-/m1/s1. The van der Waals surface area contributed by atoms with Crippen LogP contribution in [0.4, 0.5) is 4.79 Å². The SMILES string of the molecule is C#CCNC(=O)NC[C@@H](C)Oc1ccccc1OC. The molecule has 0 aromatic heterocycles. The van der Waals surface area contributed by atoms with Crippen LogP contribution in [0.25, 0.3) is 0 Å². The molecule has 19 heavy (non-hydrogen) atoms. The number of ether oxygens (including phenoxy) is 2. The summed E-state index contributed by atoms with van der Waals surface area (Å²) in [6.07, 6.45) is 4.85. The molecule has 0 heterocycles. The molecule has 1 aromatic rings. The molecule has 0 aliphatic rings. The van der Waals surface area contributed by atoms with Crippen molar-refractivity contribution in [3.8, 4) is 23.8 Å². The molecule has 0 unspecified atom stereocenters. The Morgan fingerprint density at radius 3 is 2.68 bits per heavy atom. The summed E-state index contributed by atoms with van der Waals surface area (Å²) < 4.78 is 10.9. The average Bonchev–Trinajstić information content (AvgIpc) is 2.43. The van der Waals surface area contributed by atoms with Gasteiger partial charge in [0.05, 0.1) is 20.2 Å². The highest BCUT2D eigenvalue weighted by molar-refractivity contribution is 5.74. The van der Waals surface area contributed by atoms with Gasteiger partial charge in [-0.05, 0) is 19.1 Å². The molecule has 102 valence electrons. The Bertz CT molecular complexity index is 454. The Morgan fingerprint density at radius 2 is 2.05 bits per heavy atom. The number of rotatable bonds is 6. The van der Waals surface area contributed by atoms with Crippen LogP contribution in [0.5, 0.6) is 11.5 Å². The number of carbonyl (C=O) groups is 1. The van der Waals surface area contributed by atoms with Crippen LogP contribution in [-0.4, -0.2) is 32.3 Å². The monoisotopic (exact) mass is 262 g/mol. The number of carbonyl (C=O) groups excluding carboxylic acids is 1. The van der Waals surface area contributed by atoms with Gasteiger partial charge < -0.3 is 20.1 Å². The lowest BCUT2D eigenvalue weighted by Gasteiger charge is -2.17. The van der Waals surface area contributed by atoms with Crippen molar-refractivity contribution in [2.24, 2.45) is 0 Å². The Morgan fingerprint density at radius 1 is 1.37 bits per heavy atom. The predicted octanol–water partition coefficient (Wildman–Crippen LogP) is 1.39. The Labute approximate surface area is 113 Å². The van der Waals surface area contributed by atoms with E-state index in [4.69, 9.17) is 15.9 Å². The van der Waals surface area contributed by atoms with Crippen LogP contribution in [0, 0.1) is 12.3 Å². The molecule has 0 saturated carbocycles. The Balaban J connectivity index is 2.41. The molecule has 5 heteroatoms. The summed E-state index contributed by atoms with van der Waals surface area (Å²) in [5.74, 6) is 3.62. The Hall–Kier alpha value is -2.35. The first-order chi connectivity index (χ1) is 9.17. The maximum Gasteiger partial charge on any atom is 0.315 e. The average molecular weight is 262 g/mol. The summed E-state index contributed by atoms with van der Waals surface area (Å²) in [6, 6.07) is 7.04. The van der Waals surface area contributed by atoms with Gasteiger partial charge in [0.15, 0.2) is 11.5 Å². The van der Waals surface area contributed by atoms with E-state index in [0.717, 1.165) is 0 Å². The number of nitrogens with one attached hydrogen (secondary N) is 2. The highest BCUT2D eigenvalue weighted by Gasteiger charge is 2.09. The highest BCUT2D eigenvalue weighted by Crippen LogP contribution is 2.26. The zero-order chi connectivity index (χ0) is 14.1. The van der Waals surface area contributed by atoms with Crippen LogP contribution < -0.4 is 20.1 Å². The fourth-order valence-corrected chi connectivity index (χ4v) is 1.40. The van der Waals surface area contributed by atoms with Crippen LogP contribution >= 0.6 is 0 Å².